The maximum Gasteiger partial charge on any atom is 0.295 e. The van der Waals surface area contributed by atoms with E-state index in [0.717, 1.165) is 27.1 Å². The summed E-state index contributed by atoms with van der Waals surface area (Å²) in [4.78, 5) is 14.9. The fraction of sp³-hybridized carbons (Fsp3) is 0.250. The number of aryl methyl sites for hydroxylation is 1. The third kappa shape index (κ3) is 4.83. The molecule has 2 atom stereocenters. The van der Waals surface area contributed by atoms with Crippen molar-refractivity contribution in [3.8, 4) is 6.07 Å². The lowest BCUT2D eigenvalue weighted by Crippen LogP contribution is -2.55. The molecule has 210 valence electrons. The average Bonchev–Trinajstić information content (AvgIpc) is 3.28. The number of carbonyl (C=O) groups excluding carboxylic acids is 1. The fourth-order valence-electron chi connectivity index (χ4n) is 5.91. The van der Waals surface area contributed by atoms with E-state index in [1.165, 1.54) is 31.3 Å². The Hall–Kier alpha value is -3.93. The highest BCUT2D eigenvalue weighted by Gasteiger charge is 2.59. The summed E-state index contributed by atoms with van der Waals surface area (Å²) in [6.07, 6.45) is 2.29. The summed E-state index contributed by atoms with van der Waals surface area (Å²) in [7, 11) is -3.42. The third-order valence-corrected chi connectivity index (χ3v) is 10.3. The van der Waals surface area contributed by atoms with Gasteiger partial charge in [0.05, 0.1) is 16.5 Å². The molecular weight excluding hydrogens is 561 g/mol. The monoisotopic (exact) mass is 589 g/mol. The Labute approximate surface area is 244 Å². The van der Waals surface area contributed by atoms with Crippen LogP contribution in [0.2, 0.25) is 5.02 Å². The van der Waals surface area contributed by atoms with Crippen LogP contribution in [0, 0.1) is 17.2 Å². The van der Waals surface area contributed by atoms with Crippen LogP contribution in [0.5, 0.6) is 0 Å². The molecule has 0 spiro atoms. The van der Waals surface area contributed by atoms with Crippen molar-refractivity contribution in [3.63, 3.8) is 0 Å². The second kappa shape index (κ2) is 11.2. The van der Waals surface area contributed by atoms with Gasteiger partial charge in [-0.2, -0.15) is 5.26 Å². The van der Waals surface area contributed by atoms with Gasteiger partial charge in [0.2, 0.25) is 9.84 Å². The number of sulfone groups is 1. The minimum absolute atomic E-state index is 0.0341. The molecule has 9 heteroatoms. The highest BCUT2D eigenvalue weighted by molar-refractivity contribution is 7.93. The van der Waals surface area contributed by atoms with Crippen LogP contribution in [-0.2, 0) is 40.6 Å². The van der Waals surface area contributed by atoms with Gasteiger partial charge in [-0.1, -0.05) is 54.1 Å². The normalized spacial score (nSPS) is 16.4. The molecule has 6 nitrogen and oxygen atoms in total. The average molecular weight is 590 g/mol. The van der Waals surface area contributed by atoms with Gasteiger partial charge >= 0.3 is 0 Å². The number of fused-ring (bicyclic) bond motifs is 3. The molecular formula is C32H29ClFN3O3S. The first-order chi connectivity index (χ1) is 19.6. The van der Waals surface area contributed by atoms with E-state index in [-0.39, 0.29) is 24.3 Å². The number of hydrogen-bond acceptors (Lipinski definition) is 4. The van der Waals surface area contributed by atoms with Crippen LogP contribution < -0.4 is 0 Å². The maximum absolute atomic E-state index is 17.7. The molecule has 41 heavy (non-hydrogen) atoms. The molecule has 0 fully saturated rings. The van der Waals surface area contributed by atoms with Gasteiger partial charge in [-0.25, -0.2) is 12.8 Å². The lowest BCUT2D eigenvalue weighted by Gasteiger charge is -2.37. The van der Waals surface area contributed by atoms with Gasteiger partial charge in [0, 0.05) is 47.7 Å². The number of benzene rings is 3. The van der Waals surface area contributed by atoms with Gasteiger partial charge in [-0.05, 0) is 66.8 Å². The van der Waals surface area contributed by atoms with Crippen molar-refractivity contribution >= 4 is 38.2 Å². The van der Waals surface area contributed by atoms with Crippen molar-refractivity contribution in [1.82, 2.24) is 9.47 Å². The highest BCUT2D eigenvalue weighted by Crippen LogP contribution is 2.45. The fourth-order valence-corrected chi connectivity index (χ4v) is 7.96. The first-order valence-electron chi connectivity index (χ1n) is 13.3. The minimum atomic E-state index is -4.79. The van der Waals surface area contributed by atoms with Gasteiger partial charge in [0.25, 0.3) is 10.9 Å². The molecule has 1 aliphatic carbocycles. The molecule has 0 saturated carbocycles. The van der Waals surface area contributed by atoms with Gasteiger partial charge in [0.1, 0.15) is 0 Å². The number of alkyl halides is 1. The lowest BCUT2D eigenvalue weighted by molar-refractivity contribution is -0.141. The molecule has 4 aromatic rings. The Morgan fingerprint density at radius 1 is 1.20 bits per heavy atom. The molecule has 0 saturated heterocycles. The van der Waals surface area contributed by atoms with Crippen LogP contribution in [-0.4, -0.2) is 35.8 Å². The first-order valence-corrected chi connectivity index (χ1v) is 15.1. The third-order valence-electron chi connectivity index (χ3n) is 7.90. The zero-order valence-electron chi connectivity index (χ0n) is 22.6. The maximum atomic E-state index is 17.7. The number of aromatic nitrogens is 1. The van der Waals surface area contributed by atoms with Crippen LogP contribution in [0.3, 0.4) is 0 Å². The summed E-state index contributed by atoms with van der Waals surface area (Å²) in [6.45, 7) is 4.18. The zero-order chi connectivity index (χ0) is 29.4. The Morgan fingerprint density at radius 3 is 2.61 bits per heavy atom. The second-order valence-corrected chi connectivity index (χ2v) is 12.8. The molecule has 1 amide bonds. The second-order valence-electron chi connectivity index (χ2n) is 10.3. The van der Waals surface area contributed by atoms with E-state index >= 15 is 4.39 Å². The molecule has 0 radical (unpaired) electrons. The van der Waals surface area contributed by atoms with Crippen LogP contribution in [0.4, 0.5) is 4.39 Å². The largest absolute Gasteiger partial charge is 0.340 e. The van der Waals surface area contributed by atoms with Crippen molar-refractivity contribution in [2.75, 3.05) is 7.05 Å². The van der Waals surface area contributed by atoms with Gasteiger partial charge in [0.15, 0.2) is 0 Å². The lowest BCUT2D eigenvalue weighted by atomic mass is 9.83. The van der Waals surface area contributed by atoms with Crippen LogP contribution in [0.15, 0.2) is 90.3 Å². The van der Waals surface area contributed by atoms with E-state index in [9.17, 15) is 18.5 Å². The van der Waals surface area contributed by atoms with Crippen LogP contribution in [0.1, 0.15) is 28.8 Å². The van der Waals surface area contributed by atoms with Gasteiger partial charge in [-0.15, -0.1) is 6.58 Å². The summed E-state index contributed by atoms with van der Waals surface area (Å²) < 4.78 is 47.9. The number of amides is 1. The van der Waals surface area contributed by atoms with Crippen molar-refractivity contribution in [2.45, 2.75) is 42.2 Å². The predicted octanol–water partition coefficient (Wildman–Crippen LogP) is 6.26. The standard InChI is InChI=1S/C32H29ClFN3O3S/c1-3-17-37-29-16-14-25(33)19-28(29)27-15-13-24(18-30(27)37)32(34,41(39,40)26-11-5-4-6-12-26)31(38)36(2)21-23-10-8-7-9-22(23)20-35/h3-12,14,16,19,24H,1,13,15,17-18,21H2,2H3. The Kier molecular flexibility index (Phi) is 7.78. The summed E-state index contributed by atoms with van der Waals surface area (Å²) in [5.41, 5.74) is 3.47. The van der Waals surface area contributed by atoms with Crippen molar-refractivity contribution in [3.05, 3.63) is 113 Å². The van der Waals surface area contributed by atoms with E-state index in [2.05, 4.69) is 12.6 Å². The zero-order valence-corrected chi connectivity index (χ0v) is 24.1. The summed E-state index contributed by atoms with van der Waals surface area (Å²) >= 11 is 6.30. The number of allylic oxidation sites excluding steroid dienone is 1. The first kappa shape index (κ1) is 28.6. The number of nitrogens with zero attached hydrogens (tertiary/aromatic N) is 3. The van der Waals surface area contributed by atoms with Crippen molar-refractivity contribution in [2.24, 2.45) is 5.92 Å². The molecule has 1 aromatic heterocycles. The smallest absolute Gasteiger partial charge is 0.295 e. The van der Waals surface area contributed by atoms with E-state index < -0.39 is 26.7 Å². The number of hydrogen-bond donors (Lipinski definition) is 0. The SMILES string of the molecule is C=CCn1c2c(c3cc(Cl)ccc31)CCC(C(F)(C(=O)N(C)Cc1ccccc1C#N)S(=O)(=O)c1ccccc1)C2. The minimum Gasteiger partial charge on any atom is -0.340 e. The Balaban J connectivity index is 1.62. The van der Waals surface area contributed by atoms with Crippen LogP contribution >= 0.6 is 11.6 Å². The van der Waals surface area contributed by atoms with Gasteiger partial charge < -0.3 is 9.47 Å². The molecule has 0 bridgehead atoms. The Morgan fingerprint density at radius 2 is 1.90 bits per heavy atom. The quantitative estimate of drug-likeness (QED) is 0.227. The molecule has 2 unspecified atom stereocenters. The summed E-state index contributed by atoms with van der Waals surface area (Å²) in [5, 5.41) is 7.75. The van der Waals surface area contributed by atoms with E-state index in [0.29, 0.717) is 29.1 Å². The summed E-state index contributed by atoms with van der Waals surface area (Å²) in [6, 6.07) is 21.6. The molecule has 3 aromatic carbocycles. The van der Waals surface area contributed by atoms with E-state index in [1.54, 1.807) is 42.5 Å². The molecule has 1 aliphatic rings. The summed E-state index contributed by atoms with van der Waals surface area (Å²) in [5.74, 6) is -2.32. The number of halogens is 2. The molecule has 0 N–H and O–H groups in total. The van der Waals surface area contributed by atoms with E-state index in [1.807, 2.05) is 16.7 Å². The van der Waals surface area contributed by atoms with Crippen molar-refractivity contribution in [1.29, 1.82) is 5.26 Å². The number of nitriles is 1. The molecule has 1 heterocycles. The number of carbonyl (C=O) groups is 1. The topological polar surface area (TPSA) is 83.2 Å². The van der Waals surface area contributed by atoms with Gasteiger partial charge in [-0.3, -0.25) is 4.79 Å². The number of rotatable bonds is 8. The predicted molar refractivity (Wildman–Crippen MR) is 158 cm³/mol. The van der Waals surface area contributed by atoms with E-state index in [4.69, 9.17) is 11.6 Å². The van der Waals surface area contributed by atoms with Crippen molar-refractivity contribution < 1.29 is 17.6 Å². The Bertz CT molecular complexity index is 1800. The highest BCUT2D eigenvalue weighted by atomic mass is 35.5. The molecule has 5 rings (SSSR count). The van der Waals surface area contributed by atoms with Crippen LogP contribution in [0.25, 0.3) is 10.9 Å². The molecule has 0 aliphatic heterocycles.